The summed E-state index contributed by atoms with van der Waals surface area (Å²) in [5.41, 5.74) is 0.203. The molecule has 0 aromatic rings. The fourth-order valence-corrected chi connectivity index (χ4v) is 3.14. The Hall–Kier alpha value is 0.440. The molecule has 1 aliphatic rings. The second-order valence-corrected chi connectivity index (χ2v) is 7.48. The molecule has 1 saturated carbocycles. The minimum atomic E-state index is -3.85. The van der Waals surface area contributed by atoms with Gasteiger partial charge in [0.25, 0.3) is 0 Å². The molecule has 15 heavy (non-hydrogen) atoms. The van der Waals surface area contributed by atoms with Crippen LogP contribution in [0.4, 0.5) is 0 Å². The standard InChI is InChI=1S/C10H20ClO3P/c1-8(2)10(3)6-4-5-9(7-10)14-15(11,12)13/h8-9H,4-7H2,1-3H3,(H,12,13). The zero-order valence-electron chi connectivity index (χ0n) is 9.57. The van der Waals surface area contributed by atoms with Crippen LogP contribution in [-0.2, 0) is 9.09 Å². The molecule has 0 heterocycles. The van der Waals surface area contributed by atoms with Crippen LogP contribution in [0.15, 0.2) is 0 Å². The SMILES string of the molecule is CC(C)C1(C)CCCC(OP(=O)(O)Cl)C1. The van der Waals surface area contributed by atoms with E-state index in [-0.39, 0.29) is 11.5 Å². The van der Waals surface area contributed by atoms with Gasteiger partial charge in [0, 0.05) is 11.2 Å². The van der Waals surface area contributed by atoms with Gasteiger partial charge < -0.3 is 4.89 Å². The number of rotatable bonds is 3. The molecule has 5 heteroatoms. The lowest BCUT2D eigenvalue weighted by molar-refractivity contribution is 0.0411. The molecule has 0 aromatic heterocycles. The van der Waals surface area contributed by atoms with Crippen LogP contribution in [0.5, 0.6) is 0 Å². The van der Waals surface area contributed by atoms with Crippen LogP contribution in [0.25, 0.3) is 0 Å². The van der Waals surface area contributed by atoms with Crippen LogP contribution in [0.2, 0.25) is 0 Å². The van der Waals surface area contributed by atoms with Crippen molar-refractivity contribution in [1.29, 1.82) is 0 Å². The van der Waals surface area contributed by atoms with Gasteiger partial charge in [-0.3, -0.25) is 4.52 Å². The molecule has 3 atom stereocenters. The van der Waals surface area contributed by atoms with Crippen molar-refractivity contribution in [3.8, 4) is 0 Å². The summed E-state index contributed by atoms with van der Waals surface area (Å²) >= 11 is 5.23. The van der Waals surface area contributed by atoms with Gasteiger partial charge >= 0.3 is 6.95 Å². The van der Waals surface area contributed by atoms with Gasteiger partial charge in [0.1, 0.15) is 0 Å². The monoisotopic (exact) mass is 254 g/mol. The highest BCUT2D eigenvalue weighted by Crippen LogP contribution is 2.53. The molecule has 0 bridgehead atoms. The molecule has 0 amide bonds. The van der Waals surface area contributed by atoms with Crippen LogP contribution >= 0.6 is 18.2 Å². The summed E-state index contributed by atoms with van der Waals surface area (Å²) in [6, 6.07) is 0. The molecule has 1 rings (SSSR count). The molecule has 1 aliphatic carbocycles. The summed E-state index contributed by atoms with van der Waals surface area (Å²) in [6.45, 7) is 2.73. The first-order valence-electron chi connectivity index (χ1n) is 5.44. The molecule has 1 N–H and O–H groups in total. The van der Waals surface area contributed by atoms with Crippen LogP contribution in [0.3, 0.4) is 0 Å². The summed E-state index contributed by atoms with van der Waals surface area (Å²) in [6.07, 6.45) is 3.68. The minimum absolute atomic E-state index is 0.167. The topological polar surface area (TPSA) is 46.5 Å². The molecule has 3 unspecified atom stereocenters. The highest BCUT2D eigenvalue weighted by Gasteiger charge is 2.37. The Morgan fingerprint density at radius 2 is 2.20 bits per heavy atom. The third-order valence-electron chi connectivity index (χ3n) is 3.64. The van der Waals surface area contributed by atoms with E-state index in [1.54, 1.807) is 0 Å². The van der Waals surface area contributed by atoms with Crippen molar-refractivity contribution in [2.45, 2.75) is 52.6 Å². The Labute approximate surface area is 96.5 Å². The van der Waals surface area contributed by atoms with E-state index in [9.17, 15) is 4.57 Å². The summed E-state index contributed by atoms with van der Waals surface area (Å²) < 4.78 is 16.0. The molecule has 0 aromatic carbocycles. The van der Waals surface area contributed by atoms with E-state index in [4.69, 9.17) is 20.7 Å². The Balaban J connectivity index is 2.60. The van der Waals surface area contributed by atoms with Gasteiger partial charge in [0.05, 0.1) is 6.10 Å². The van der Waals surface area contributed by atoms with Crippen LogP contribution in [0.1, 0.15) is 46.5 Å². The Morgan fingerprint density at radius 1 is 1.60 bits per heavy atom. The summed E-state index contributed by atoms with van der Waals surface area (Å²) in [5.74, 6) is 0.553. The van der Waals surface area contributed by atoms with E-state index in [1.807, 2.05) is 0 Å². The molecule has 0 saturated heterocycles. The first-order chi connectivity index (χ1) is 6.73. The van der Waals surface area contributed by atoms with Crippen LogP contribution < -0.4 is 0 Å². The molecule has 0 spiro atoms. The number of hydrogen-bond acceptors (Lipinski definition) is 2. The largest absolute Gasteiger partial charge is 0.421 e. The van der Waals surface area contributed by atoms with Crippen molar-refractivity contribution in [3.05, 3.63) is 0 Å². The second kappa shape index (κ2) is 4.75. The molecule has 3 nitrogen and oxygen atoms in total. The lowest BCUT2D eigenvalue weighted by Crippen LogP contribution is -2.33. The zero-order valence-corrected chi connectivity index (χ0v) is 11.2. The maximum absolute atomic E-state index is 11.0. The third-order valence-corrected chi connectivity index (χ3v) is 4.44. The molecule has 90 valence electrons. The first kappa shape index (κ1) is 13.5. The Bertz CT molecular complexity index is 263. The van der Waals surface area contributed by atoms with Crippen molar-refractivity contribution >= 4 is 18.2 Å². The quantitative estimate of drug-likeness (QED) is 0.776. The van der Waals surface area contributed by atoms with Gasteiger partial charge in [-0.2, -0.15) is 0 Å². The van der Waals surface area contributed by atoms with E-state index in [2.05, 4.69) is 20.8 Å². The fourth-order valence-electron chi connectivity index (χ4n) is 2.26. The van der Waals surface area contributed by atoms with Gasteiger partial charge in [-0.1, -0.05) is 27.2 Å². The van der Waals surface area contributed by atoms with E-state index in [0.29, 0.717) is 5.92 Å². The average Bonchev–Trinajstić information content (AvgIpc) is 2.00. The lowest BCUT2D eigenvalue weighted by Gasteiger charge is -2.41. The van der Waals surface area contributed by atoms with Gasteiger partial charge in [0.2, 0.25) is 0 Å². The highest BCUT2D eigenvalue weighted by atomic mass is 35.7. The van der Waals surface area contributed by atoms with E-state index >= 15 is 0 Å². The van der Waals surface area contributed by atoms with Crippen molar-refractivity contribution in [1.82, 2.24) is 0 Å². The number of halogens is 1. The second-order valence-electron chi connectivity index (χ2n) is 5.08. The maximum Gasteiger partial charge on any atom is 0.421 e. The summed E-state index contributed by atoms with van der Waals surface area (Å²) in [5, 5.41) is 0. The van der Waals surface area contributed by atoms with Gasteiger partial charge in [-0.05, 0) is 30.6 Å². The first-order valence-corrected chi connectivity index (χ1v) is 7.92. The highest BCUT2D eigenvalue weighted by molar-refractivity contribution is 7.80. The summed E-state index contributed by atoms with van der Waals surface area (Å²) in [4.78, 5) is 8.98. The normalized spacial score (nSPS) is 36.5. The fraction of sp³-hybridized carbons (Fsp3) is 1.00. The molecule has 0 radical (unpaired) electrons. The zero-order chi connectivity index (χ0) is 11.7. The van der Waals surface area contributed by atoms with Crippen molar-refractivity contribution in [2.24, 2.45) is 11.3 Å². The maximum atomic E-state index is 11.0. The van der Waals surface area contributed by atoms with E-state index < -0.39 is 6.95 Å². The molecule has 0 aliphatic heterocycles. The molecular formula is C10H20ClO3P. The van der Waals surface area contributed by atoms with Gasteiger partial charge in [-0.25, -0.2) is 4.57 Å². The summed E-state index contributed by atoms with van der Waals surface area (Å²) in [7, 11) is 0. The van der Waals surface area contributed by atoms with E-state index in [1.165, 1.54) is 0 Å². The minimum Gasteiger partial charge on any atom is -0.313 e. The average molecular weight is 255 g/mol. The predicted molar refractivity (Wildman–Crippen MR) is 62.0 cm³/mol. The van der Waals surface area contributed by atoms with Crippen molar-refractivity contribution in [3.63, 3.8) is 0 Å². The Morgan fingerprint density at radius 3 is 2.67 bits per heavy atom. The van der Waals surface area contributed by atoms with Crippen LogP contribution in [0, 0.1) is 11.3 Å². The van der Waals surface area contributed by atoms with E-state index in [0.717, 1.165) is 25.7 Å². The van der Waals surface area contributed by atoms with Crippen molar-refractivity contribution < 1.29 is 14.0 Å². The molecular weight excluding hydrogens is 235 g/mol. The molecule has 1 fully saturated rings. The lowest BCUT2D eigenvalue weighted by atomic mass is 9.68. The smallest absolute Gasteiger partial charge is 0.313 e. The third kappa shape index (κ3) is 4.07. The Kier molecular flexibility index (Phi) is 4.27. The van der Waals surface area contributed by atoms with Crippen molar-refractivity contribution in [2.75, 3.05) is 0 Å². The van der Waals surface area contributed by atoms with Gasteiger partial charge in [-0.15, -0.1) is 0 Å². The van der Waals surface area contributed by atoms with Gasteiger partial charge in [0.15, 0.2) is 0 Å². The predicted octanol–water partition coefficient (Wildman–Crippen LogP) is 3.95. The number of hydrogen-bond donors (Lipinski definition) is 1. The van der Waals surface area contributed by atoms with Crippen LogP contribution in [-0.4, -0.2) is 11.0 Å².